The van der Waals surface area contributed by atoms with Crippen LogP contribution in [0.5, 0.6) is 0 Å². The molecule has 12 heteroatoms. The molecule has 0 aliphatic carbocycles. The lowest BCUT2D eigenvalue weighted by Gasteiger charge is -2.40. The monoisotopic (exact) mass is 575 g/mol. The van der Waals surface area contributed by atoms with Crippen LogP contribution < -0.4 is 0 Å². The molecule has 1 aromatic carbocycles. The van der Waals surface area contributed by atoms with Crippen molar-refractivity contribution in [3.63, 3.8) is 0 Å². The fraction of sp³-hybridized carbons (Fsp3) is 0.560. The number of alkyl halides is 1. The van der Waals surface area contributed by atoms with E-state index in [1.54, 1.807) is 10.8 Å². The van der Waals surface area contributed by atoms with Gasteiger partial charge in [-0.05, 0) is 24.5 Å². The largest absolute Gasteiger partial charge is 0.481 e. The van der Waals surface area contributed by atoms with Crippen LogP contribution in [0.2, 0.25) is 0 Å². The van der Waals surface area contributed by atoms with E-state index in [0.717, 1.165) is 5.52 Å². The Morgan fingerprint density at radius 3 is 2.76 bits per heavy atom. The van der Waals surface area contributed by atoms with E-state index in [1.807, 2.05) is 38.1 Å². The number of likely N-dealkylation sites (tertiary alicyclic amines) is 1. The Hall–Kier alpha value is -2.83. The van der Waals surface area contributed by atoms with Crippen LogP contribution >= 0.6 is 15.9 Å². The Morgan fingerprint density at radius 1 is 1.38 bits per heavy atom. The summed E-state index contributed by atoms with van der Waals surface area (Å²) in [4.78, 5) is 43.2. The average Bonchev–Trinajstić information content (AvgIpc) is 3.57. The van der Waals surface area contributed by atoms with Crippen molar-refractivity contribution in [2.45, 2.75) is 55.6 Å². The number of carboxylic acids is 1. The Kier molecular flexibility index (Phi) is 6.61. The zero-order valence-electron chi connectivity index (χ0n) is 20.6. The van der Waals surface area contributed by atoms with Gasteiger partial charge in [0, 0.05) is 11.4 Å². The maximum absolute atomic E-state index is 14.4. The smallest absolute Gasteiger partial charge is 0.310 e. The number of hydrogen-bond acceptors (Lipinski definition) is 7. The lowest BCUT2D eigenvalue weighted by molar-refractivity contribution is -0.154. The molecule has 2 amide bonds. The van der Waals surface area contributed by atoms with E-state index in [-0.39, 0.29) is 30.6 Å². The van der Waals surface area contributed by atoms with Crippen molar-refractivity contribution in [2.75, 3.05) is 13.2 Å². The van der Waals surface area contributed by atoms with E-state index in [4.69, 9.17) is 4.74 Å². The number of aliphatic hydroxyl groups excluding tert-OH is 1. The minimum atomic E-state index is -1.33. The van der Waals surface area contributed by atoms with Crippen LogP contribution in [0, 0.1) is 17.8 Å². The molecule has 1 unspecified atom stereocenters. The Bertz CT molecular complexity index is 1250. The predicted molar refractivity (Wildman–Crippen MR) is 135 cm³/mol. The lowest BCUT2D eigenvalue weighted by atomic mass is 9.70. The number of hydrogen-bond donors (Lipinski definition) is 2. The number of fused-ring (bicyclic) bond motifs is 2. The fourth-order valence-corrected chi connectivity index (χ4v) is 7.28. The van der Waals surface area contributed by atoms with Gasteiger partial charge in [-0.15, -0.1) is 11.7 Å². The van der Waals surface area contributed by atoms with Crippen LogP contribution in [-0.2, 0) is 25.8 Å². The number of para-hydroxylation sites is 1. The second kappa shape index (κ2) is 9.48. The summed E-state index contributed by atoms with van der Waals surface area (Å²) < 4.78 is 7.93. The average molecular weight is 576 g/mol. The van der Waals surface area contributed by atoms with Gasteiger partial charge >= 0.3 is 5.97 Å². The molecule has 3 fully saturated rings. The third kappa shape index (κ3) is 3.79. The predicted octanol–water partition coefficient (Wildman–Crippen LogP) is 1.25. The summed E-state index contributed by atoms with van der Waals surface area (Å²) in [5, 5.41) is 28.7. The van der Waals surface area contributed by atoms with Gasteiger partial charge in [0.05, 0.1) is 36.1 Å². The van der Waals surface area contributed by atoms with Crippen LogP contribution in [-0.4, -0.2) is 94.6 Å². The summed E-state index contributed by atoms with van der Waals surface area (Å²) in [6.07, 6.45) is 1.15. The SMILES string of the molecule is C=CCN(Cn1nnc2ccccc21)C(=O)[C@@H]1N([C@@H](CO)C(C)C)C(=O)[C@H]2[C@H](C(=O)O)[C@H]3O[C@@]12CC3Br. The highest BCUT2D eigenvalue weighted by molar-refractivity contribution is 9.09. The van der Waals surface area contributed by atoms with Crippen molar-refractivity contribution >= 4 is 44.7 Å². The highest BCUT2D eigenvalue weighted by Crippen LogP contribution is 2.60. The molecule has 37 heavy (non-hydrogen) atoms. The van der Waals surface area contributed by atoms with E-state index in [2.05, 4.69) is 32.8 Å². The molecular formula is C25H30BrN5O6. The second-order valence-electron chi connectivity index (χ2n) is 10.3. The zero-order chi connectivity index (χ0) is 26.6. The number of benzene rings is 1. The maximum Gasteiger partial charge on any atom is 0.310 e. The van der Waals surface area contributed by atoms with Crippen molar-refractivity contribution in [1.29, 1.82) is 0 Å². The second-order valence-corrected chi connectivity index (χ2v) is 11.5. The molecule has 3 aliphatic heterocycles. The Balaban J connectivity index is 1.59. The van der Waals surface area contributed by atoms with Crippen molar-refractivity contribution in [3.8, 4) is 0 Å². The highest BCUT2D eigenvalue weighted by Gasteiger charge is 2.77. The van der Waals surface area contributed by atoms with E-state index >= 15 is 0 Å². The molecule has 2 N–H and O–H groups in total. The molecule has 7 atom stereocenters. The molecule has 3 saturated heterocycles. The number of rotatable bonds is 9. The van der Waals surface area contributed by atoms with E-state index in [9.17, 15) is 24.6 Å². The minimum Gasteiger partial charge on any atom is -0.481 e. The third-order valence-electron chi connectivity index (χ3n) is 7.95. The van der Waals surface area contributed by atoms with Crippen molar-refractivity contribution < 1.29 is 29.3 Å². The number of carboxylic acid groups (broad SMARTS) is 1. The summed E-state index contributed by atoms with van der Waals surface area (Å²) in [6.45, 7) is 7.33. The van der Waals surface area contributed by atoms with Crippen LogP contribution in [0.1, 0.15) is 20.3 Å². The van der Waals surface area contributed by atoms with E-state index in [0.29, 0.717) is 11.9 Å². The van der Waals surface area contributed by atoms with Gasteiger partial charge in [-0.1, -0.05) is 53.2 Å². The normalized spacial score (nSPS) is 31.2. The number of ether oxygens (including phenoxy) is 1. The van der Waals surface area contributed by atoms with Crippen LogP contribution in [0.25, 0.3) is 11.0 Å². The molecule has 11 nitrogen and oxygen atoms in total. The maximum atomic E-state index is 14.4. The number of nitrogens with zero attached hydrogens (tertiary/aromatic N) is 5. The number of carbonyl (C=O) groups is 3. The number of aliphatic carboxylic acids is 1. The molecule has 5 rings (SSSR count). The first-order valence-electron chi connectivity index (χ1n) is 12.3. The quantitative estimate of drug-likeness (QED) is 0.336. The highest BCUT2D eigenvalue weighted by atomic mass is 79.9. The first-order valence-corrected chi connectivity index (χ1v) is 13.2. The van der Waals surface area contributed by atoms with Gasteiger partial charge < -0.3 is 24.7 Å². The standard InChI is InChI=1S/C25H30BrN5O6/c1-4-9-29(12-30-16-8-6-5-7-15(16)27-28-30)23(34)21-25-10-14(26)20(37-25)18(24(35)36)19(25)22(33)31(21)17(11-32)13(2)3/h4-8,13-14,17-21,32H,1,9-12H2,2-3H3,(H,35,36)/t14?,17-,18-,19+,20-,21-,25+/m0/s1. The van der Waals surface area contributed by atoms with Crippen molar-refractivity contribution in [1.82, 2.24) is 24.8 Å². The number of aromatic nitrogens is 3. The molecule has 1 aromatic heterocycles. The molecule has 2 bridgehead atoms. The number of carbonyl (C=O) groups excluding carboxylic acids is 2. The van der Waals surface area contributed by atoms with Gasteiger partial charge in [0.1, 0.15) is 23.8 Å². The molecule has 0 radical (unpaired) electrons. The number of halogens is 1. The first kappa shape index (κ1) is 25.8. The molecular weight excluding hydrogens is 546 g/mol. The topological polar surface area (TPSA) is 138 Å². The molecule has 198 valence electrons. The Labute approximate surface area is 222 Å². The van der Waals surface area contributed by atoms with Gasteiger partial charge in [-0.25, -0.2) is 4.68 Å². The molecule has 3 aliphatic rings. The van der Waals surface area contributed by atoms with Gasteiger partial charge in [0.2, 0.25) is 11.8 Å². The molecule has 0 saturated carbocycles. The summed E-state index contributed by atoms with van der Waals surface area (Å²) in [7, 11) is 0. The summed E-state index contributed by atoms with van der Waals surface area (Å²) in [6, 6.07) is 5.56. The summed E-state index contributed by atoms with van der Waals surface area (Å²) >= 11 is 3.55. The Morgan fingerprint density at radius 2 is 2.11 bits per heavy atom. The summed E-state index contributed by atoms with van der Waals surface area (Å²) in [5.41, 5.74) is 0.0798. The van der Waals surface area contributed by atoms with Gasteiger partial charge in [-0.2, -0.15) is 0 Å². The molecule has 4 heterocycles. The molecule has 2 aromatic rings. The van der Waals surface area contributed by atoms with Gasteiger partial charge in [0.15, 0.2) is 0 Å². The minimum absolute atomic E-state index is 0.0413. The van der Waals surface area contributed by atoms with E-state index in [1.165, 1.54) is 9.80 Å². The van der Waals surface area contributed by atoms with Gasteiger partial charge in [-0.3, -0.25) is 14.4 Å². The first-order chi connectivity index (χ1) is 17.7. The third-order valence-corrected chi connectivity index (χ3v) is 8.79. The van der Waals surface area contributed by atoms with E-state index < -0.39 is 53.4 Å². The lowest BCUT2D eigenvalue weighted by Crippen LogP contribution is -2.60. The van der Waals surface area contributed by atoms with Gasteiger partial charge in [0.25, 0.3) is 0 Å². The van der Waals surface area contributed by atoms with Crippen LogP contribution in [0.3, 0.4) is 0 Å². The summed E-state index contributed by atoms with van der Waals surface area (Å²) in [5.74, 6) is -4.32. The number of amides is 2. The van der Waals surface area contributed by atoms with Crippen LogP contribution in [0.4, 0.5) is 0 Å². The fourth-order valence-electron chi connectivity index (χ4n) is 6.34. The van der Waals surface area contributed by atoms with Crippen molar-refractivity contribution in [2.24, 2.45) is 17.8 Å². The number of aliphatic hydroxyl groups is 1. The zero-order valence-corrected chi connectivity index (χ0v) is 22.2. The van der Waals surface area contributed by atoms with Crippen molar-refractivity contribution in [3.05, 3.63) is 36.9 Å². The molecule has 1 spiro atoms. The van der Waals surface area contributed by atoms with Crippen LogP contribution in [0.15, 0.2) is 36.9 Å².